The Morgan fingerprint density at radius 1 is 1.35 bits per heavy atom. The van der Waals surface area contributed by atoms with E-state index < -0.39 is 12.0 Å². The van der Waals surface area contributed by atoms with Gasteiger partial charge in [0, 0.05) is 6.08 Å². The number of ether oxygens (including phenoxy) is 2. The van der Waals surface area contributed by atoms with E-state index in [9.17, 15) is 9.59 Å². The van der Waals surface area contributed by atoms with Crippen LogP contribution in [0.4, 0.5) is 0 Å². The highest BCUT2D eigenvalue weighted by Gasteiger charge is 2.35. The second kappa shape index (κ2) is 7.51. The van der Waals surface area contributed by atoms with Gasteiger partial charge in [0.25, 0.3) is 5.91 Å². The first kappa shape index (κ1) is 17.3. The van der Waals surface area contributed by atoms with Crippen molar-refractivity contribution in [1.29, 1.82) is 0 Å². The minimum Gasteiger partial charge on any atom is -0.467 e. The van der Waals surface area contributed by atoms with E-state index in [0.717, 1.165) is 0 Å². The summed E-state index contributed by atoms with van der Waals surface area (Å²) < 4.78 is 10.5. The summed E-state index contributed by atoms with van der Waals surface area (Å²) in [5.41, 5.74) is 0. The van der Waals surface area contributed by atoms with Crippen molar-refractivity contribution >= 4 is 23.5 Å². The summed E-state index contributed by atoms with van der Waals surface area (Å²) in [6, 6.07) is 6.42. The molecule has 1 heterocycles. The van der Waals surface area contributed by atoms with Crippen LogP contribution < -0.4 is 4.74 Å². The molecule has 0 fully saturated rings. The number of rotatable bonds is 6. The minimum absolute atomic E-state index is 0.219. The SMILES string of the molecule is COC(=O)[C@H](CC(C)C)N1CC(Oc2ccccc2Cl)=CC1=O. The Balaban J connectivity index is 2.11. The van der Waals surface area contributed by atoms with E-state index in [1.165, 1.54) is 18.1 Å². The zero-order chi connectivity index (χ0) is 17.0. The maximum Gasteiger partial charge on any atom is 0.328 e. The largest absolute Gasteiger partial charge is 0.467 e. The normalized spacial score (nSPS) is 15.6. The quantitative estimate of drug-likeness (QED) is 0.749. The number of amides is 1. The van der Waals surface area contributed by atoms with Crippen LogP contribution in [0.3, 0.4) is 0 Å². The summed E-state index contributed by atoms with van der Waals surface area (Å²) in [4.78, 5) is 25.7. The molecule has 1 aliphatic heterocycles. The predicted octanol–water partition coefficient (Wildman–Crippen LogP) is 3.03. The lowest BCUT2D eigenvalue weighted by atomic mass is 10.0. The number of hydrogen-bond donors (Lipinski definition) is 0. The summed E-state index contributed by atoms with van der Waals surface area (Å²) in [7, 11) is 1.32. The van der Waals surface area contributed by atoms with Crippen LogP contribution in [0.2, 0.25) is 5.02 Å². The minimum atomic E-state index is -0.615. The molecule has 0 spiro atoms. The number of esters is 1. The van der Waals surface area contributed by atoms with Gasteiger partial charge in [-0.15, -0.1) is 0 Å². The van der Waals surface area contributed by atoms with Gasteiger partial charge in [0.2, 0.25) is 0 Å². The first-order valence-corrected chi connectivity index (χ1v) is 7.81. The van der Waals surface area contributed by atoms with Crippen LogP contribution in [-0.2, 0) is 14.3 Å². The molecule has 0 aliphatic carbocycles. The van der Waals surface area contributed by atoms with Gasteiger partial charge in [-0.1, -0.05) is 37.6 Å². The molecule has 0 radical (unpaired) electrons. The van der Waals surface area contributed by atoms with E-state index in [1.54, 1.807) is 24.3 Å². The van der Waals surface area contributed by atoms with Gasteiger partial charge in [-0.3, -0.25) is 4.79 Å². The Labute approximate surface area is 140 Å². The van der Waals surface area contributed by atoms with Gasteiger partial charge in [0.05, 0.1) is 18.7 Å². The summed E-state index contributed by atoms with van der Waals surface area (Å²) in [5.74, 6) is 0.511. The van der Waals surface area contributed by atoms with Crippen molar-refractivity contribution in [3.05, 3.63) is 41.1 Å². The number of para-hydroxylation sites is 1. The fourth-order valence-corrected chi connectivity index (χ4v) is 2.61. The molecule has 5 nitrogen and oxygen atoms in total. The third-order valence-corrected chi connectivity index (χ3v) is 3.83. The third-order valence-electron chi connectivity index (χ3n) is 3.52. The molecule has 0 saturated carbocycles. The first-order chi connectivity index (χ1) is 10.9. The monoisotopic (exact) mass is 337 g/mol. The number of carbonyl (C=O) groups excluding carboxylic acids is 2. The third kappa shape index (κ3) is 4.26. The zero-order valence-corrected chi connectivity index (χ0v) is 14.2. The van der Waals surface area contributed by atoms with E-state index in [1.807, 2.05) is 13.8 Å². The number of carbonyl (C=O) groups is 2. The van der Waals surface area contributed by atoms with E-state index in [0.29, 0.717) is 23.0 Å². The van der Waals surface area contributed by atoms with E-state index in [-0.39, 0.29) is 18.4 Å². The van der Waals surface area contributed by atoms with Crippen LogP contribution in [0.25, 0.3) is 0 Å². The van der Waals surface area contributed by atoms with E-state index >= 15 is 0 Å². The van der Waals surface area contributed by atoms with Crippen molar-refractivity contribution in [2.24, 2.45) is 5.92 Å². The molecule has 1 atom stereocenters. The van der Waals surface area contributed by atoms with Crippen molar-refractivity contribution in [2.75, 3.05) is 13.7 Å². The fraction of sp³-hybridized carbons (Fsp3) is 0.412. The van der Waals surface area contributed by atoms with E-state index in [2.05, 4.69) is 0 Å². The van der Waals surface area contributed by atoms with Crippen molar-refractivity contribution in [1.82, 2.24) is 4.90 Å². The predicted molar refractivity (Wildman–Crippen MR) is 87.1 cm³/mol. The average molecular weight is 338 g/mol. The highest BCUT2D eigenvalue weighted by Crippen LogP contribution is 2.28. The molecule has 6 heteroatoms. The molecule has 0 N–H and O–H groups in total. The van der Waals surface area contributed by atoms with Gasteiger partial charge in [-0.25, -0.2) is 4.79 Å². The van der Waals surface area contributed by atoms with Gasteiger partial charge in [-0.2, -0.15) is 0 Å². The van der Waals surface area contributed by atoms with Gasteiger partial charge >= 0.3 is 5.97 Å². The molecule has 1 aromatic rings. The molecule has 1 aliphatic rings. The molecule has 1 amide bonds. The smallest absolute Gasteiger partial charge is 0.328 e. The maximum atomic E-state index is 12.2. The highest BCUT2D eigenvalue weighted by molar-refractivity contribution is 6.32. The molecular formula is C17H20ClNO4. The number of nitrogens with zero attached hydrogens (tertiary/aromatic N) is 1. The summed E-state index contributed by atoms with van der Waals surface area (Å²) in [6.07, 6.45) is 1.92. The summed E-state index contributed by atoms with van der Waals surface area (Å²) in [5, 5.41) is 0.464. The Morgan fingerprint density at radius 2 is 2.04 bits per heavy atom. The second-order valence-corrected chi connectivity index (χ2v) is 6.18. The van der Waals surface area contributed by atoms with Gasteiger partial charge in [-0.05, 0) is 24.5 Å². The Kier molecular flexibility index (Phi) is 5.66. The first-order valence-electron chi connectivity index (χ1n) is 7.43. The molecule has 0 unspecified atom stereocenters. The molecule has 1 aromatic carbocycles. The van der Waals surface area contributed by atoms with Crippen molar-refractivity contribution in [2.45, 2.75) is 26.3 Å². The van der Waals surface area contributed by atoms with Crippen LogP contribution in [0.5, 0.6) is 5.75 Å². The molecule has 124 valence electrons. The van der Waals surface area contributed by atoms with Crippen molar-refractivity contribution in [3.63, 3.8) is 0 Å². The van der Waals surface area contributed by atoms with Gasteiger partial charge in [0.1, 0.15) is 17.6 Å². The van der Waals surface area contributed by atoms with Gasteiger partial charge in [0.15, 0.2) is 0 Å². The molecule has 0 bridgehead atoms. The standard InChI is InChI=1S/C17H20ClNO4/c1-11(2)8-14(17(21)22-3)19-10-12(9-16(19)20)23-15-7-5-4-6-13(15)18/h4-7,9,11,14H,8,10H2,1-3H3/t14-/m0/s1. The number of halogens is 1. The van der Waals surface area contributed by atoms with Gasteiger partial charge < -0.3 is 14.4 Å². The van der Waals surface area contributed by atoms with Crippen LogP contribution in [-0.4, -0.2) is 36.5 Å². The molecule has 2 rings (SSSR count). The maximum absolute atomic E-state index is 12.2. The van der Waals surface area contributed by atoms with Crippen molar-refractivity contribution < 1.29 is 19.1 Å². The second-order valence-electron chi connectivity index (χ2n) is 5.78. The number of hydrogen-bond acceptors (Lipinski definition) is 4. The molecule has 23 heavy (non-hydrogen) atoms. The Bertz CT molecular complexity index is 627. The molecule has 0 saturated heterocycles. The lowest BCUT2D eigenvalue weighted by molar-refractivity contribution is -0.151. The topological polar surface area (TPSA) is 55.8 Å². The molecule has 0 aromatic heterocycles. The van der Waals surface area contributed by atoms with Crippen molar-refractivity contribution in [3.8, 4) is 5.75 Å². The summed E-state index contributed by atoms with van der Waals surface area (Å²) >= 11 is 6.05. The lowest BCUT2D eigenvalue weighted by Crippen LogP contribution is -2.44. The van der Waals surface area contributed by atoms with E-state index in [4.69, 9.17) is 21.1 Å². The highest BCUT2D eigenvalue weighted by atomic mass is 35.5. The summed E-state index contributed by atoms with van der Waals surface area (Å²) in [6.45, 7) is 4.20. The van der Waals surface area contributed by atoms with Crippen LogP contribution in [0.1, 0.15) is 20.3 Å². The number of benzene rings is 1. The zero-order valence-electron chi connectivity index (χ0n) is 13.4. The average Bonchev–Trinajstić information content (AvgIpc) is 2.86. The Morgan fingerprint density at radius 3 is 2.65 bits per heavy atom. The number of methoxy groups -OCH3 is 1. The van der Waals surface area contributed by atoms with Crippen LogP contribution in [0, 0.1) is 5.92 Å². The van der Waals surface area contributed by atoms with Crippen LogP contribution in [0.15, 0.2) is 36.1 Å². The fourth-order valence-electron chi connectivity index (χ4n) is 2.44. The molecular weight excluding hydrogens is 318 g/mol. The lowest BCUT2D eigenvalue weighted by Gasteiger charge is -2.27. The Hall–Kier alpha value is -2.01. The van der Waals surface area contributed by atoms with Crippen LogP contribution >= 0.6 is 11.6 Å².